The van der Waals surface area contributed by atoms with Crippen molar-refractivity contribution in [3.63, 3.8) is 0 Å². The third kappa shape index (κ3) is 4.89. The van der Waals surface area contributed by atoms with Gasteiger partial charge in [-0.2, -0.15) is 0 Å². The molecule has 0 aliphatic carbocycles. The van der Waals surface area contributed by atoms with Gasteiger partial charge in [0.25, 0.3) is 6.71 Å². The highest BCUT2D eigenvalue weighted by atomic mass is 32.1. The van der Waals surface area contributed by atoms with Crippen LogP contribution in [0.4, 0.5) is 34.1 Å². The van der Waals surface area contributed by atoms with Crippen LogP contribution >= 0.6 is 11.3 Å². The Labute approximate surface area is 352 Å². The zero-order valence-corrected chi connectivity index (χ0v) is 33.4. The third-order valence-corrected chi connectivity index (χ3v) is 14.0. The molecule has 60 heavy (non-hydrogen) atoms. The Bertz CT molecular complexity index is 3510. The fourth-order valence-electron chi connectivity index (χ4n) is 10.2. The Kier molecular flexibility index (Phi) is 7.30. The van der Waals surface area contributed by atoms with Crippen LogP contribution in [0.15, 0.2) is 212 Å². The Balaban J connectivity index is 1.17. The van der Waals surface area contributed by atoms with E-state index in [0.29, 0.717) is 0 Å². The van der Waals surface area contributed by atoms with Gasteiger partial charge in [0.05, 0.1) is 11.4 Å². The third-order valence-electron chi connectivity index (χ3n) is 12.8. The zero-order chi connectivity index (χ0) is 39.3. The second-order valence-corrected chi connectivity index (χ2v) is 17.1. The standard InChI is InChI=1S/C56H35BN2S/c1-3-16-36(17-4-1)44-32-38-20-7-9-22-40(38)34-51(44)58-47-26-13-12-25-46(47)57-54-48(58)27-15-28-49(54)59(50-31-30-43-42-24-11-14-29-53(42)60-56(43)55(50)57)52-35-41-23-10-8-21-39(41)33-45(52)37-18-5-2-6-19-37/h1-35H. The van der Waals surface area contributed by atoms with E-state index in [2.05, 4.69) is 222 Å². The summed E-state index contributed by atoms with van der Waals surface area (Å²) in [5, 5.41) is 7.54. The highest BCUT2D eigenvalue weighted by Crippen LogP contribution is 2.50. The zero-order valence-electron chi connectivity index (χ0n) is 32.6. The summed E-state index contributed by atoms with van der Waals surface area (Å²) in [5.41, 5.74) is 16.0. The monoisotopic (exact) mass is 778 g/mol. The van der Waals surface area contributed by atoms with Gasteiger partial charge in [-0.1, -0.05) is 158 Å². The molecule has 0 atom stereocenters. The smallest absolute Gasteiger partial charge is 0.254 e. The maximum Gasteiger partial charge on any atom is 0.254 e. The molecular weight excluding hydrogens is 744 g/mol. The van der Waals surface area contributed by atoms with Crippen molar-refractivity contribution in [1.29, 1.82) is 0 Å². The van der Waals surface area contributed by atoms with E-state index in [4.69, 9.17) is 0 Å². The highest BCUT2D eigenvalue weighted by Gasteiger charge is 2.45. The van der Waals surface area contributed by atoms with Crippen LogP contribution in [0.3, 0.4) is 0 Å². The summed E-state index contributed by atoms with van der Waals surface area (Å²) >= 11 is 1.93. The molecule has 2 aliphatic rings. The first-order valence-electron chi connectivity index (χ1n) is 20.7. The first kappa shape index (κ1) is 33.6. The molecule has 4 heteroatoms. The average Bonchev–Trinajstić information content (AvgIpc) is 3.70. The van der Waals surface area contributed by atoms with E-state index in [1.165, 1.54) is 114 Å². The number of nitrogens with zero attached hydrogens (tertiary/aromatic N) is 2. The van der Waals surface area contributed by atoms with Gasteiger partial charge in [0.2, 0.25) is 0 Å². The highest BCUT2D eigenvalue weighted by molar-refractivity contribution is 7.28. The molecule has 10 aromatic carbocycles. The van der Waals surface area contributed by atoms with Crippen molar-refractivity contribution in [3.05, 3.63) is 212 Å². The number of benzene rings is 10. The largest absolute Gasteiger partial charge is 0.311 e. The molecule has 0 unspecified atom stereocenters. The maximum absolute atomic E-state index is 2.59. The predicted molar refractivity (Wildman–Crippen MR) is 259 cm³/mol. The molecule has 0 bridgehead atoms. The van der Waals surface area contributed by atoms with Gasteiger partial charge in [-0.25, -0.2) is 0 Å². The van der Waals surface area contributed by atoms with Gasteiger partial charge in [-0.3, -0.25) is 0 Å². The Morgan fingerprint density at radius 2 is 0.817 bits per heavy atom. The van der Waals surface area contributed by atoms with E-state index in [0.717, 1.165) is 0 Å². The number of para-hydroxylation sites is 1. The number of anilines is 6. The predicted octanol–water partition coefficient (Wildman–Crippen LogP) is 13.8. The molecule has 0 radical (unpaired) electrons. The molecule has 0 saturated heterocycles. The molecule has 0 fully saturated rings. The van der Waals surface area contributed by atoms with Crippen molar-refractivity contribution in [2.75, 3.05) is 9.80 Å². The lowest BCUT2D eigenvalue weighted by Gasteiger charge is -2.45. The molecular formula is C56H35BN2S. The molecule has 13 rings (SSSR count). The summed E-state index contributed by atoms with van der Waals surface area (Å²) < 4.78 is 2.67. The Morgan fingerprint density at radius 3 is 1.45 bits per heavy atom. The summed E-state index contributed by atoms with van der Waals surface area (Å²) in [6.45, 7) is 0.00734. The quantitative estimate of drug-likeness (QED) is 0.164. The van der Waals surface area contributed by atoms with Crippen molar-refractivity contribution < 1.29 is 0 Å². The molecule has 278 valence electrons. The summed E-state index contributed by atoms with van der Waals surface area (Å²) in [4.78, 5) is 5.15. The van der Waals surface area contributed by atoms with Crippen molar-refractivity contribution in [2.45, 2.75) is 0 Å². The molecule has 0 saturated carbocycles. The molecule has 0 N–H and O–H groups in total. The molecule has 2 nitrogen and oxygen atoms in total. The van der Waals surface area contributed by atoms with Crippen molar-refractivity contribution in [2.24, 2.45) is 0 Å². The second kappa shape index (κ2) is 13.1. The van der Waals surface area contributed by atoms with Gasteiger partial charge in [0.15, 0.2) is 0 Å². The van der Waals surface area contributed by atoms with Gasteiger partial charge in [-0.15, -0.1) is 11.3 Å². The lowest BCUT2D eigenvalue weighted by atomic mass is 9.33. The minimum Gasteiger partial charge on any atom is -0.311 e. The Hall–Kier alpha value is -7.40. The van der Waals surface area contributed by atoms with Crippen molar-refractivity contribution in [3.8, 4) is 22.3 Å². The molecule has 11 aromatic rings. The molecule has 2 aliphatic heterocycles. The van der Waals surface area contributed by atoms with Gasteiger partial charge in [0, 0.05) is 48.7 Å². The van der Waals surface area contributed by atoms with E-state index in [9.17, 15) is 0 Å². The summed E-state index contributed by atoms with van der Waals surface area (Å²) in [5.74, 6) is 0. The van der Waals surface area contributed by atoms with Crippen LogP contribution in [0.5, 0.6) is 0 Å². The SMILES string of the molecule is c1ccc(-c2cc3ccccc3cc2N2c3ccccc3B3c4c2cccc4N(c2cc4ccccc4cc2-c2ccccc2)c2ccc4c(sc5ccccc54)c23)cc1. The first-order chi connectivity index (χ1) is 29.8. The van der Waals surface area contributed by atoms with Crippen molar-refractivity contribution >= 4 is 110 Å². The fraction of sp³-hybridized carbons (Fsp3) is 0. The van der Waals surface area contributed by atoms with Gasteiger partial charge >= 0.3 is 0 Å². The summed E-state index contributed by atoms with van der Waals surface area (Å²) in [7, 11) is 0. The number of hydrogen-bond donors (Lipinski definition) is 0. The second-order valence-electron chi connectivity index (χ2n) is 16.0. The van der Waals surface area contributed by atoms with E-state index < -0.39 is 0 Å². The summed E-state index contributed by atoms with van der Waals surface area (Å²) in [6, 6.07) is 78.8. The van der Waals surface area contributed by atoms with Crippen LogP contribution in [0.1, 0.15) is 0 Å². The van der Waals surface area contributed by atoms with Gasteiger partial charge in [0.1, 0.15) is 0 Å². The number of rotatable bonds is 4. The van der Waals surface area contributed by atoms with Crippen LogP contribution < -0.4 is 26.2 Å². The Morgan fingerprint density at radius 1 is 0.333 bits per heavy atom. The van der Waals surface area contributed by atoms with E-state index in [1.807, 2.05) is 11.3 Å². The average molecular weight is 779 g/mol. The number of fused-ring (bicyclic) bond motifs is 10. The minimum atomic E-state index is 0.00734. The number of hydrogen-bond acceptors (Lipinski definition) is 3. The maximum atomic E-state index is 2.59. The van der Waals surface area contributed by atoms with Crippen molar-refractivity contribution in [1.82, 2.24) is 0 Å². The van der Waals surface area contributed by atoms with E-state index in [1.54, 1.807) is 0 Å². The lowest BCUT2D eigenvalue weighted by Crippen LogP contribution is -2.61. The molecule has 3 heterocycles. The summed E-state index contributed by atoms with van der Waals surface area (Å²) in [6.07, 6.45) is 0. The topological polar surface area (TPSA) is 6.48 Å². The van der Waals surface area contributed by atoms with Crippen LogP contribution in [0, 0.1) is 0 Å². The van der Waals surface area contributed by atoms with Gasteiger partial charge < -0.3 is 9.80 Å². The molecule has 0 amide bonds. The van der Waals surface area contributed by atoms with Gasteiger partial charge in [-0.05, 0) is 109 Å². The van der Waals surface area contributed by atoms with E-state index in [-0.39, 0.29) is 6.71 Å². The fourth-order valence-corrected chi connectivity index (χ4v) is 11.5. The number of thiophene rings is 1. The normalized spacial score (nSPS) is 12.9. The first-order valence-corrected chi connectivity index (χ1v) is 21.5. The van der Waals surface area contributed by atoms with Crippen LogP contribution in [0.2, 0.25) is 0 Å². The molecule has 1 aromatic heterocycles. The van der Waals surface area contributed by atoms with E-state index >= 15 is 0 Å². The minimum absolute atomic E-state index is 0.00734. The van der Waals surface area contributed by atoms with Crippen LogP contribution in [0.25, 0.3) is 64.0 Å². The van der Waals surface area contributed by atoms with Crippen LogP contribution in [-0.4, -0.2) is 6.71 Å². The molecule has 0 spiro atoms. The van der Waals surface area contributed by atoms with Crippen LogP contribution in [-0.2, 0) is 0 Å². The lowest BCUT2D eigenvalue weighted by molar-refractivity contribution is 1.26.